The molecule has 0 aromatic rings. The Hall–Kier alpha value is -0.920. The molecule has 1 saturated carbocycles. The van der Waals surface area contributed by atoms with Crippen LogP contribution in [0.1, 0.15) is 26.2 Å². The van der Waals surface area contributed by atoms with Crippen LogP contribution in [-0.4, -0.2) is 11.6 Å². The maximum absolute atomic E-state index is 11.0. The molecule has 0 aromatic heterocycles. The van der Waals surface area contributed by atoms with Crippen molar-refractivity contribution in [1.82, 2.24) is 0 Å². The lowest BCUT2D eigenvalue weighted by Gasteiger charge is -2.04. The summed E-state index contributed by atoms with van der Waals surface area (Å²) in [5, 5.41) is 0. The lowest BCUT2D eigenvalue weighted by Crippen LogP contribution is -1.99. The molecule has 64 valence electrons. The highest BCUT2D eigenvalue weighted by Crippen LogP contribution is 2.41. The van der Waals surface area contributed by atoms with E-state index in [0.29, 0.717) is 30.5 Å². The molecule has 1 fully saturated rings. The molecule has 0 aliphatic heterocycles. The zero-order valence-corrected chi connectivity index (χ0v) is 7.17. The lowest BCUT2D eigenvalue weighted by molar-refractivity contribution is -0.118. The van der Waals surface area contributed by atoms with Crippen molar-refractivity contribution in [2.75, 3.05) is 0 Å². The van der Waals surface area contributed by atoms with Crippen LogP contribution in [0.15, 0.2) is 11.6 Å². The van der Waals surface area contributed by atoms with E-state index in [-0.39, 0.29) is 5.78 Å². The van der Waals surface area contributed by atoms with Crippen LogP contribution >= 0.6 is 0 Å². The van der Waals surface area contributed by atoms with E-state index in [1.54, 1.807) is 6.92 Å². The summed E-state index contributed by atoms with van der Waals surface area (Å²) in [6, 6.07) is 0. The van der Waals surface area contributed by atoms with Gasteiger partial charge < -0.3 is 0 Å². The Kier molecular flexibility index (Phi) is 1.63. The third-order valence-electron chi connectivity index (χ3n) is 2.91. The Morgan fingerprint density at radius 1 is 1.42 bits per heavy atom. The van der Waals surface area contributed by atoms with Crippen LogP contribution in [0.5, 0.6) is 0 Å². The van der Waals surface area contributed by atoms with Gasteiger partial charge in [0.2, 0.25) is 0 Å². The first kappa shape index (κ1) is 7.71. The van der Waals surface area contributed by atoms with Gasteiger partial charge in [-0.05, 0) is 30.8 Å². The zero-order valence-electron chi connectivity index (χ0n) is 7.17. The Morgan fingerprint density at radius 3 is 2.75 bits per heavy atom. The fourth-order valence-electron chi connectivity index (χ4n) is 2.25. The highest BCUT2D eigenvalue weighted by atomic mass is 16.1. The Labute approximate surface area is 71.6 Å². The first-order valence-electron chi connectivity index (χ1n) is 4.40. The van der Waals surface area contributed by atoms with Gasteiger partial charge in [-0.2, -0.15) is 0 Å². The first-order chi connectivity index (χ1) is 5.66. The van der Waals surface area contributed by atoms with Crippen molar-refractivity contribution in [1.29, 1.82) is 0 Å². The van der Waals surface area contributed by atoms with Gasteiger partial charge in [0.15, 0.2) is 5.78 Å². The summed E-state index contributed by atoms with van der Waals surface area (Å²) in [7, 11) is 0. The van der Waals surface area contributed by atoms with Crippen molar-refractivity contribution in [3.8, 4) is 0 Å². The van der Waals surface area contributed by atoms with Crippen LogP contribution in [0, 0.1) is 11.8 Å². The molecule has 2 rings (SSSR count). The number of rotatable bonds is 1. The molecule has 0 spiro atoms. The van der Waals surface area contributed by atoms with Crippen LogP contribution in [0.4, 0.5) is 0 Å². The number of hydrogen-bond acceptors (Lipinski definition) is 2. The summed E-state index contributed by atoms with van der Waals surface area (Å²) in [4.78, 5) is 22.0. The van der Waals surface area contributed by atoms with Gasteiger partial charge in [0.1, 0.15) is 5.78 Å². The maximum Gasteiger partial charge on any atom is 0.155 e. The van der Waals surface area contributed by atoms with E-state index in [2.05, 4.69) is 0 Å². The van der Waals surface area contributed by atoms with E-state index in [1.807, 2.05) is 6.08 Å². The molecule has 2 nitrogen and oxygen atoms in total. The SMILES string of the molecule is CC(=O)C1=C[C@H]2CC(=O)C[C@H]2C1. The average molecular weight is 164 g/mol. The standard InChI is InChI=1S/C10H12O2/c1-6(11)7-2-8-4-10(12)5-9(8)3-7/h2,8-9H,3-5H2,1H3/t8-,9+/m0/s1. The van der Waals surface area contributed by atoms with E-state index in [1.165, 1.54) is 0 Å². The van der Waals surface area contributed by atoms with Gasteiger partial charge in [0.25, 0.3) is 0 Å². The molecule has 2 aliphatic carbocycles. The smallest absolute Gasteiger partial charge is 0.155 e. The average Bonchev–Trinajstić information content (AvgIpc) is 2.42. The summed E-state index contributed by atoms with van der Waals surface area (Å²) in [5.41, 5.74) is 0.942. The number of ketones is 2. The van der Waals surface area contributed by atoms with Gasteiger partial charge in [-0.25, -0.2) is 0 Å². The summed E-state index contributed by atoms with van der Waals surface area (Å²) < 4.78 is 0. The van der Waals surface area contributed by atoms with Crippen molar-refractivity contribution in [2.24, 2.45) is 11.8 Å². The molecule has 2 atom stereocenters. The molecule has 0 unspecified atom stereocenters. The van der Waals surface area contributed by atoms with E-state index in [4.69, 9.17) is 0 Å². The highest BCUT2D eigenvalue weighted by Gasteiger charge is 2.36. The van der Waals surface area contributed by atoms with Crippen molar-refractivity contribution >= 4 is 11.6 Å². The van der Waals surface area contributed by atoms with Crippen LogP contribution in [0.25, 0.3) is 0 Å². The summed E-state index contributed by atoms with van der Waals surface area (Å²) in [5.74, 6) is 1.38. The van der Waals surface area contributed by atoms with E-state index in [0.717, 1.165) is 12.0 Å². The van der Waals surface area contributed by atoms with Gasteiger partial charge in [-0.1, -0.05) is 6.08 Å². The van der Waals surface area contributed by atoms with Crippen molar-refractivity contribution in [3.63, 3.8) is 0 Å². The van der Waals surface area contributed by atoms with Crippen LogP contribution in [-0.2, 0) is 9.59 Å². The molecule has 0 aromatic carbocycles. The van der Waals surface area contributed by atoms with Crippen LogP contribution in [0.2, 0.25) is 0 Å². The van der Waals surface area contributed by atoms with E-state index < -0.39 is 0 Å². The highest BCUT2D eigenvalue weighted by molar-refractivity contribution is 5.94. The minimum absolute atomic E-state index is 0.178. The molecular weight excluding hydrogens is 152 g/mol. The molecular formula is C10H12O2. The molecule has 0 bridgehead atoms. The van der Waals surface area contributed by atoms with Crippen molar-refractivity contribution in [2.45, 2.75) is 26.2 Å². The Balaban J connectivity index is 2.15. The van der Waals surface area contributed by atoms with Gasteiger partial charge in [-0.3, -0.25) is 9.59 Å². The van der Waals surface area contributed by atoms with Gasteiger partial charge in [0.05, 0.1) is 0 Å². The van der Waals surface area contributed by atoms with Crippen LogP contribution < -0.4 is 0 Å². The quantitative estimate of drug-likeness (QED) is 0.588. The third kappa shape index (κ3) is 1.11. The number of carbonyl (C=O) groups excluding carboxylic acids is 2. The molecule has 12 heavy (non-hydrogen) atoms. The van der Waals surface area contributed by atoms with Crippen molar-refractivity contribution in [3.05, 3.63) is 11.6 Å². The Morgan fingerprint density at radius 2 is 2.17 bits per heavy atom. The predicted octanol–water partition coefficient (Wildman–Crippen LogP) is 1.50. The lowest BCUT2D eigenvalue weighted by atomic mass is 9.99. The number of Topliss-reactive ketones (excluding diaryl/α,β-unsaturated/α-hetero) is 2. The second-order valence-electron chi connectivity index (χ2n) is 3.82. The normalized spacial score (nSPS) is 33.4. The summed E-state index contributed by atoms with van der Waals surface area (Å²) in [6.07, 6.45) is 4.21. The van der Waals surface area contributed by atoms with Gasteiger partial charge >= 0.3 is 0 Å². The number of hydrogen-bond donors (Lipinski definition) is 0. The zero-order chi connectivity index (χ0) is 8.72. The summed E-state index contributed by atoms with van der Waals surface area (Å²) >= 11 is 0. The number of fused-ring (bicyclic) bond motifs is 1. The fraction of sp³-hybridized carbons (Fsp3) is 0.600. The first-order valence-corrected chi connectivity index (χ1v) is 4.40. The predicted molar refractivity (Wildman–Crippen MR) is 44.6 cm³/mol. The largest absolute Gasteiger partial charge is 0.300 e. The minimum Gasteiger partial charge on any atom is -0.300 e. The molecule has 2 heteroatoms. The number of carbonyl (C=O) groups is 2. The second-order valence-corrected chi connectivity index (χ2v) is 3.82. The monoisotopic (exact) mass is 164 g/mol. The summed E-state index contributed by atoms with van der Waals surface area (Å²) in [6.45, 7) is 1.61. The number of allylic oxidation sites excluding steroid dienone is 2. The van der Waals surface area contributed by atoms with Crippen molar-refractivity contribution < 1.29 is 9.59 Å². The molecule has 2 aliphatic rings. The third-order valence-corrected chi connectivity index (χ3v) is 2.91. The van der Waals surface area contributed by atoms with E-state index in [9.17, 15) is 9.59 Å². The molecule has 0 heterocycles. The minimum atomic E-state index is 0.178. The van der Waals surface area contributed by atoms with Gasteiger partial charge in [-0.15, -0.1) is 0 Å². The topological polar surface area (TPSA) is 34.1 Å². The molecule has 0 amide bonds. The molecule has 0 saturated heterocycles. The van der Waals surface area contributed by atoms with E-state index >= 15 is 0 Å². The molecule has 0 radical (unpaired) electrons. The van der Waals surface area contributed by atoms with Crippen LogP contribution in [0.3, 0.4) is 0 Å². The fourth-order valence-corrected chi connectivity index (χ4v) is 2.25. The Bertz CT molecular complexity index is 276. The second kappa shape index (κ2) is 2.54. The van der Waals surface area contributed by atoms with Gasteiger partial charge in [0, 0.05) is 12.8 Å². The molecule has 0 N–H and O–H groups in total. The maximum atomic E-state index is 11.0.